The van der Waals surface area contributed by atoms with Gasteiger partial charge in [0.25, 0.3) is 0 Å². The molecule has 23 heavy (non-hydrogen) atoms. The molecule has 3 nitrogen and oxygen atoms in total. The lowest BCUT2D eigenvalue weighted by atomic mass is 9.84. The van der Waals surface area contributed by atoms with E-state index in [0.29, 0.717) is 18.4 Å². The van der Waals surface area contributed by atoms with Crippen LogP contribution in [0.4, 0.5) is 0 Å². The van der Waals surface area contributed by atoms with E-state index in [9.17, 15) is 4.79 Å². The number of hydrogen-bond donors (Lipinski definition) is 1. The molecule has 2 fully saturated rings. The number of carbonyl (C=O) groups is 1. The van der Waals surface area contributed by atoms with Gasteiger partial charge in [-0.25, -0.2) is 0 Å². The maximum absolute atomic E-state index is 12.5. The summed E-state index contributed by atoms with van der Waals surface area (Å²) >= 11 is 0. The van der Waals surface area contributed by atoms with Crippen molar-refractivity contribution in [1.29, 1.82) is 0 Å². The number of aromatic nitrogens is 1. The molecule has 0 spiro atoms. The molecule has 2 aromatic rings. The molecule has 4 atom stereocenters. The number of fused-ring (bicyclic) bond motifs is 3. The first-order valence-electron chi connectivity index (χ1n) is 8.82. The molecule has 120 valence electrons. The molecule has 1 N–H and O–H groups in total. The Labute approximate surface area is 137 Å². The first kappa shape index (κ1) is 14.7. The molecular weight excluding hydrogens is 284 g/mol. The van der Waals surface area contributed by atoms with Crippen LogP contribution in [0, 0.1) is 17.8 Å². The van der Waals surface area contributed by atoms with Crippen molar-refractivity contribution < 1.29 is 4.79 Å². The van der Waals surface area contributed by atoms with E-state index < -0.39 is 0 Å². The predicted molar refractivity (Wildman–Crippen MR) is 92.0 cm³/mol. The monoisotopic (exact) mass is 308 g/mol. The average molecular weight is 308 g/mol. The largest absolute Gasteiger partial charge is 0.353 e. The third-order valence-electron chi connectivity index (χ3n) is 5.89. The van der Waals surface area contributed by atoms with Crippen LogP contribution in [0.1, 0.15) is 38.2 Å². The van der Waals surface area contributed by atoms with Crippen LogP contribution in [0.2, 0.25) is 0 Å². The predicted octanol–water partition coefficient (Wildman–Crippen LogP) is 3.72. The highest BCUT2D eigenvalue weighted by molar-refractivity contribution is 5.87. The molecule has 1 aromatic heterocycles. The van der Waals surface area contributed by atoms with Crippen LogP contribution < -0.4 is 5.32 Å². The van der Waals surface area contributed by atoms with Gasteiger partial charge in [0.15, 0.2) is 0 Å². The first-order chi connectivity index (χ1) is 11.2. The van der Waals surface area contributed by atoms with Gasteiger partial charge in [-0.2, -0.15) is 0 Å². The number of benzene rings is 1. The lowest BCUT2D eigenvalue weighted by Gasteiger charge is -2.28. The Kier molecular flexibility index (Phi) is 3.80. The second-order valence-electron chi connectivity index (χ2n) is 7.36. The Bertz CT molecular complexity index is 721. The van der Waals surface area contributed by atoms with Crippen molar-refractivity contribution in [2.75, 3.05) is 0 Å². The summed E-state index contributed by atoms with van der Waals surface area (Å²) in [6.07, 6.45) is 7.67. The number of pyridine rings is 1. The minimum Gasteiger partial charge on any atom is -0.353 e. The van der Waals surface area contributed by atoms with Crippen LogP contribution in [0.15, 0.2) is 36.5 Å². The van der Waals surface area contributed by atoms with E-state index >= 15 is 0 Å². The molecule has 1 heterocycles. The highest BCUT2D eigenvalue weighted by atomic mass is 16.1. The number of nitrogens with one attached hydrogen (secondary N) is 1. The van der Waals surface area contributed by atoms with E-state index in [1.54, 1.807) is 6.20 Å². The molecule has 4 rings (SSSR count). The zero-order valence-electron chi connectivity index (χ0n) is 13.7. The Balaban J connectivity index is 1.43. The summed E-state index contributed by atoms with van der Waals surface area (Å²) in [6, 6.07) is 10.3. The van der Waals surface area contributed by atoms with E-state index in [1.165, 1.54) is 25.7 Å². The zero-order chi connectivity index (χ0) is 15.8. The summed E-state index contributed by atoms with van der Waals surface area (Å²) in [5, 5.41) is 4.35. The standard InChI is InChI=1S/C20H24N2O/c1-13(18-11-14-7-8-16(18)10-14)22-19(23)12-17-5-2-4-15-6-3-9-21-20(15)17/h2-6,9,13-14,16,18H,7-8,10-12H2,1H3,(H,22,23)/t13-,14-,16-,18-/m0/s1. The quantitative estimate of drug-likeness (QED) is 0.935. The van der Waals surface area contributed by atoms with Gasteiger partial charge in [-0.3, -0.25) is 9.78 Å². The topological polar surface area (TPSA) is 42.0 Å². The average Bonchev–Trinajstić information content (AvgIpc) is 3.18. The van der Waals surface area contributed by atoms with Gasteiger partial charge in [-0.05, 0) is 55.6 Å². The summed E-state index contributed by atoms with van der Waals surface area (Å²) in [5.74, 6) is 2.57. The summed E-state index contributed by atoms with van der Waals surface area (Å²) in [4.78, 5) is 16.9. The summed E-state index contributed by atoms with van der Waals surface area (Å²) in [6.45, 7) is 2.19. The number of carbonyl (C=O) groups excluding carboxylic acids is 1. The van der Waals surface area contributed by atoms with Crippen molar-refractivity contribution in [3.63, 3.8) is 0 Å². The fraction of sp³-hybridized carbons (Fsp3) is 0.500. The molecule has 0 radical (unpaired) electrons. The van der Waals surface area contributed by atoms with E-state index in [0.717, 1.165) is 28.3 Å². The molecule has 1 amide bonds. The molecule has 2 aliphatic carbocycles. The maximum atomic E-state index is 12.5. The van der Waals surface area contributed by atoms with Gasteiger partial charge in [0.05, 0.1) is 11.9 Å². The van der Waals surface area contributed by atoms with Crippen molar-refractivity contribution in [2.24, 2.45) is 17.8 Å². The molecule has 2 bridgehead atoms. The molecule has 0 unspecified atom stereocenters. The van der Waals surface area contributed by atoms with E-state index in [2.05, 4.69) is 17.2 Å². The molecule has 0 aliphatic heterocycles. The third kappa shape index (κ3) is 2.85. The van der Waals surface area contributed by atoms with Gasteiger partial charge in [0, 0.05) is 17.6 Å². The number of hydrogen-bond acceptors (Lipinski definition) is 2. The lowest BCUT2D eigenvalue weighted by molar-refractivity contribution is -0.121. The SMILES string of the molecule is C[C@H](NC(=O)Cc1cccc2cccnc12)[C@@H]1C[C@H]2CC[C@H]1C2. The minimum absolute atomic E-state index is 0.124. The molecule has 1 aromatic carbocycles. The summed E-state index contributed by atoms with van der Waals surface area (Å²) in [5.41, 5.74) is 1.96. The molecular formula is C20H24N2O. The zero-order valence-corrected chi connectivity index (χ0v) is 13.7. The Morgan fingerprint density at radius 1 is 1.26 bits per heavy atom. The lowest BCUT2D eigenvalue weighted by Crippen LogP contribution is -2.40. The van der Waals surface area contributed by atoms with Crippen molar-refractivity contribution in [3.05, 3.63) is 42.1 Å². The fourth-order valence-electron chi connectivity index (χ4n) is 4.80. The van der Waals surface area contributed by atoms with Crippen molar-refractivity contribution >= 4 is 16.8 Å². The fourth-order valence-corrected chi connectivity index (χ4v) is 4.80. The van der Waals surface area contributed by atoms with Gasteiger partial charge >= 0.3 is 0 Å². The van der Waals surface area contributed by atoms with Gasteiger partial charge in [0.1, 0.15) is 0 Å². The van der Waals surface area contributed by atoms with Crippen LogP contribution in [-0.4, -0.2) is 16.9 Å². The van der Waals surface area contributed by atoms with Crippen molar-refractivity contribution in [3.8, 4) is 0 Å². The van der Waals surface area contributed by atoms with E-state index in [4.69, 9.17) is 0 Å². The van der Waals surface area contributed by atoms with E-state index in [1.807, 2.05) is 30.3 Å². The number of para-hydroxylation sites is 1. The second-order valence-corrected chi connectivity index (χ2v) is 7.36. The Morgan fingerprint density at radius 2 is 2.13 bits per heavy atom. The molecule has 2 aliphatic rings. The van der Waals surface area contributed by atoms with Gasteiger partial charge < -0.3 is 5.32 Å². The first-order valence-corrected chi connectivity index (χ1v) is 8.82. The highest BCUT2D eigenvalue weighted by Crippen LogP contribution is 2.49. The van der Waals surface area contributed by atoms with Gasteiger partial charge in [0.2, 0.25) is 5.91 Å². The molecule has 3 heteroatoms. The number of amides is 1. The van der Waals surface area contributed by atoms with Crippen LogP contribution in [0.5, 0.6) is 0 Å². The molecule has 0 saturated heterocycles. The number of rotatable bonds is 4. The summed E-state index contributed by atoms with van der Waals surface area (Å²) in [7, 11) is 0. The normalized spacial score (nSPS) is 27.3. The van der Waals surface area contributed by atoms with Crippen LogP contribution in [-0.2, 0) is 11.2 Å². The molecule has 2 saturated carbocycles. The second kappa shape index (κ2) is 5.95. The van der Waals surface area contributed by atoms with E-state index in [-0.39, 0.29) is 5.91 Å². The van der Waals surface area contributed by atoms with Crippen LogP contribution in [0.3, 0.4) is 0 Å². The summed E-state index contributed by atoms with van der Waals surface area (Å²) < 4.78 is 0. The van der Waals surface area contributed by atoms with Gasteiger partial charge in [-0.15, -0.1) is 0 Å². The van der Waals surface area contributed by atoms with Crippen molar-refractivity contribution in [2.45, 2.75) is 45.1 Å². The highest BCUT2D eigenvalue weighted by Gasteiger charge is 2.42. The minimum atomic E-state index is 0.124. The Morgan fingerprint density at radius 3 is 2.91 bits per heavy atom. The van der Waals surface area contributed by atoms with Crippen LogP contribution >= 0.6 is 0 Å². The van der Waals surface area contributed by atoms with Gasteiger partial charge in [-0.1, -0.05) is 30.7 Å². The number of nitrogens with zero attached hydrogens (tertiary/aromatic N) is 1. The van der Waals surface area contributed by atoms with Crippen molar-refractivity contribution in [1.82, 2.24) is 10.3 Å². The van der Waals surface area contributed by atoms with Crippen LogP contribution in [0.25, 0.3) is 10.9 Å². The third-order valence-corrected chi connectivity index (χ3v) is 5.89. The Hall–Kier alpha value is -1.90. The maximum Gasteiger partial charge on any atom is 0.224 e. The smallest absolute Gasteiger partial charge is 0.224 e.